The maximum absolute atomic E-state index is 12.1. The fourth-order valence-corrected chi connectivity index (χ4v) is 3.89. The third kappa shape index (κ3) is 3.23. The molecule has 1 heterocycles. The number of nitrogens with zero attached hydrogens (tertiary/aromatic N) is 1. The van der Waals surface area contributed by atoms with Crippen molar-refractivity contribution in [3.63, 3.8) is 0 Å². The van der Waals surface area contributed by atoms with Gasteiger partial charge in [0.2, 0.25) is 0 Å². The number of hydrogen-bond acceptors (Lipinski definition) is 3. The second-order valence-electron chi connectivity index (χ2n) is 6.32. The van der Waals surface area contributed by atoms with Gasteiger partial charge >= 0.3 is 0 Å². The zero-order chi connectivity index (χ0) is 13.4. The molecule has 3 N–H and O–H groups in total. The Hall–Kier alpha value is -0.170. The van der Waals surface area contributed by atoms with Gasteiger partial charge in [0.15, 0.2) is 0 Å². The molecule has 0 aromatic carbocycles. The Morgan fingerprint density at radius 2 is 1.89 bits per heavy atom. The molecule has 2 rings (SSSR count). The van der Waals surface area contributed by atoms with E-state index in [0.717, 1.165) is 19.3 Å². The minimum Gasteiger partial charge on any atom is -0.330 e. The highest BCUT2D eigenvalue weighted by atomic mass is 32.2. The summed E-state index contributed by atoms with van der Waals surface area (Å²) in [6.07, 6.45) is 2.88. The van der Waals surface area contributed by atoms with Gasteiger partial charge in [-0.2, -0.15) is 12.7 Å². The summed E-state index contributed by atoms with van der Waals surface area (Å²) in [6.45, 7) is 6.80. The first-order valence-electron chi connectivity index (χ1n) is 6.80. The number of nitrogens with one attached hydrogen (secondary N) is 1. The number of nitrogens with two attached hydrogens (primary N) is 1. The number of rotatable bonds is 5. The van der Waals surface area contributed by atoms with Crippen LogP contribution in [0.4, 0.5) is 0 Å². The van der Waals surface area contributed by atoms with Crippen LogP contribution in [0, 0.1) is 17.3 Å². The molecule has 6 heteroatoms. The summed E-state index contributed by atoms with van der Waals surface area (Å²) in [4.78, 5) is 0. The summed E-state index contributed by atoms with van der Waals surface area (Å²) in [6, 6.07) is 0. The summed E-state index contributed by atoms with van der Waals surface area (Å²) in [5.74, 6) is 0.979. The van der Waals surface area contributed by atoms with Gasteiger partial charge in [0.25, 0.3) is 10.2 Å². The molecule has 0 amide bonds. The third-order valence-corrected chi connectivity index (χ3v) is 6.05. The summed E-state index contributed by atoms with van der Waals surface area (Å²) in [5, 5.41) is 0. The lowest BCUT2D eigenvalue weighted by molar-refractivity contribution is 0.275. The van der Waals surface area contributed by atoms with Crippen molar-refractivity contribution in [2.45, 2.75) is 33.1 Å². The molecule has 1 saturated carbocycles. The Morgan fingerprint density at radius 3 is 2.33 bits per heavy atom. The average molecular weight is 275 g/mol. The van der Waals surface area contributed by atoms with E-state index in [1.165, 1.54) is 0 Å². The molecule has 5 nitrogen and oxygen atoms in total. The predicted molar refractivity (Wildman–Crippen MR) is 72.2 cm³/mol. The Morgan fingerprint density at radius 1 is 1.33 bits per heavy atom. The van der Waals surface area contributed by atoms with E-state index in [2.05, 4.69) is 18.6 Å². The van der Waals surface area contributed by atoms with Gasteiger partial charge in [0, 0.05) is 19.6 Å². The van der Waals surface area contributed by atoms with Crippen LogP contribution >= 0.6 is 0 Å². The first kappa shape index (κ1) is 14.2. The van der Waals surface area contributed by atoms with Crippen molar-refractivity contribution in [3.05, 3.63) is 0 Å². The standard InChI is InChI=1S/C12H25N3O2S/c1-12(2)7-11(12)9-14-18(16,17)15-5-3-10(8-13)4-6-15/h10-11,14H,3-9,13H2,1-2H3. The van der Waals surface area contributed by atoms with Gasteiger partial charge in [-0.05, 0) is 43.1 Å². The summed E-state index contributed by atoms with van der Waals surface area (Å²) in [5.41, 5.74) is 5.93. The largest absolute Gasteiger partial charge is 0.330 e. The number of hydrogen-bond donors (Lipinski definition) is 2. The first-order chi connectivity index (χ1) is 8.35. The predicted octanol–water partition coefficient (Wildman–Crippen LogP) is 0.538. The average Bonchev–Trinajstić information content (AvgIpc) is 2.95. The number of piperidine rings is 1. The molecule has 0 spiro atoms. The molecular formula is C12H25N3O2S. The lowest BCUT2D eigenvalue weighted by atomic mass is 9.99. The molecule has 2 aliphatic rings. The van der Waals surface area contributed by atoms with Gasteiger partial charge in [-0.1, -0.05) is 13.8 Å². The van der Waals surface area contributed by atoms with Gasteiger partial charge < -0.3 is 5.73 Å². The van der Waals surface area contributed by atoms with Crippen LogP contribution in [0.5, 0.6) is 0 Å². The molecule has 1 aliphatic heterocycles. The summed E-state index contributed by atoms with van der Waals surface area (Å²) < 4.78 is 28.5. The fraction of sp³-hybridized carbons (Fsp3) is 1.00. The fourth-order valence-electron chi connectivity index (χ4n) is 2.61. The zero-order valence-corrected chi connectivity index (χ0v) is 12.2. The van der Waals surface area contributed by atoms with E-state index in [0.29, 0.717) is 43.4 Å². The Kier molecular flexibility index (Phi) is 4.02. The lowest BCUT2D eigenvalue weighted by Crippen LogP contribution is -2.46. The molecule has 106 valence electrons. The molecule has 1 saturated heterocycles. The molecule has 0 radical (unpaired) electrons. The monoisotopic (exact) mass is 275 g/mol. The molecule has 0 bridgehead atoms. The van der Waals surface area contributed by atoms with Crippen molar-refractivity contribution in [1.29, 1.82) is 0 Å². The maximum Gasteiger partial charge on any atom is 0.279 e. The van der Waals surface area contributed by atoms with Crippen LogP contribution in [0.15, 0.2) is 0 Å². The SMILES string of the molecule is CC1(C)CC1CNS(=O)(=O)N1CCC(CN)CC1. The van der Waals surface area contributed by atoms with Crippen molar-refractivity contribution in [2.24, 2.45) is 23.0 Å². The second kappa shape index (κ2) is 5.07. The highest BCUT2D eigenvalue weighted by Crippen LogP contribution is 2.51. The summed E-state index contributed by atoms with van der Waals surface area (Å²) in [7, 11) is -3.28. The van der Waals surface area contributed by atoms with Crippen molar-refractivity contribution in [3.8, 4) is 0 Å². The van der Waals surface area contributed by atoms with Crippen molar-refractivity contribution in [2.75, 3.05) is 26.2 Å². The first-order valence-corrected chi connectivity index (χ1v) is 8.24. The molecule has 0 aromatic heterocycles. The van der Waals surface area contributed by atoms with Gasteiger partial charge in [0.1, 0.15) is 0 Å². The van der Waals surface area contributed by atoms with Crippen molar-refractivity contribution in [1.82, 2.24) is 9.03 Å². The minimum absolute atomic E-state index is 0.315. The maximum atomic E-state index is 12.1. The summed E-state index contributed by atoms with van der Waals surface area (Å²) >= 11 is 0. The van der Waals surface area contributed by atoms with Crippen LogP contribution in [0.25, 0.3) is 0 Å². The van der Waals surface area contributed by atoms with E-state index < -0.39 is 10.2 Å². The minimum atomic E-state index is -3.28. The van der Waals surface area contributed by atoms with E-state index in [4.69, 9.17) is 5.73 Å². The Labute approximate surface area is 110 Å². The molecule has 1 atom stereocenters. The van der Waals surface area contributed by atoms with Gasteiger partial charge in [-0.3, -0.25) is 0 Å². The lowest BCUT2D eigenvalue weighted by Gasteiger charge is -2.30. The van der Waals surface area contributed by atoms with Crippen molar-refractivity contribution < 1.29 is 8.42 Å². The van der Waals surface area contributed by atoms with E-state index in [1.807, 2.05) is 0 Å². The van der Waals surface area contributed by atoms with Crippen LogP contribution < -0.4 is 10.5 Å². The van der Waals surface area contributed by atoms with Gasteiger partial charge in [-0.25, -0.2) is 4.72 Å². The van der Waals surface area contributed by atoms with Crippen LogP contribution in [-0.2, 0) is 10.2 Å². The quantitative estimate of drug-likeness (QED) is 0.769. The van der Waals surface area contributed by atoms with E-state index >= 15 is 0 Å². The highest BCUT2D eigenvalue weighted by Gasteiger charge is 2.45. The molecule has 0 aromatic rings. The van der Waals surface area contributed by atoms with Crippen LogP contribution in [0.2, 0.25) is 0 Å². The highest BCUT2D eigenvalue weighted by molar-refractivity contribution is 7.87. The smallest absolute Gasteiger partial charge is 0.279 e. The van der Waals surface area contributed by atoms with Crippen LogP contribution in [-0.4, -0.2) is 38.9 Å². The molecule has 2 fully saturated rings. The van der Waals surface area contributed by atoms with E-state index in [-0.39, 0.29) is 0 Å². The Balaban J connectivity index is 1.80. The second-order valence-corrected chi connectivity index (χ2v) is 8.08. The van der Waals surface area contributed by atoms with E-state index in [1.54, 1.807) is 4.31 Å². The molecular weight excluding hydrogens is 250 g/mol. The van der Waals surface area contributed by atoms with Gasteiger partial charge in [0.05, 0.1) is 0 Å². The van der Waals surface area contributed by atoms with Crippen LogP contribution in [0.1, 0.15) is 33.1 Å². The van der Waals surface area contributed by atoms with Gasteiger partial charge in [-0.15, -0.1) is 0 Å². The zero-order valence-electron chi connectivity index (χ0n) is 11.4. The molecule has 18 heavy (non-hydrogen) atoms. The normalized spacial score (nSPS) is 29.4. The van der Waals surface area contributed by atoms with Crippen LogP contribution in [0.3, 0.4) is 0 Å². The Bertz CT molecular complexity index is 386. The third-order valence-electron chi connectivity index (χ3n) is 4.48. The van der Waals surface area contributed by atoms with E-state index in [9.17, 15) is 8.42 Å². The topological polar surface area (TPSA) is 75.4 Å². The molecule has 1 aliphatic carbocycles. The molecule has 1 unspecified atom stereocenters. The van der Waals surface area contributed by atoms with Crippen molar-refractivity contribution >= 4 is 10.2 Å².